The van der Waals surface area contributed by atoms with Gasteiger partial charge in [0, 0.05) is 25.6 Å². The molecule has 1 fully saturated rings. The van der Waals surface area contributed by atoms with Crippen molar-refractivity contribution in [2.45, 2.75) is 38.7 Å². The van der Waals surface area contributed by atoms with E-state index >= 15 is 0 Å². The first kappa shape index (κ1) is 18.5. The largest absolute Gasteiger partial charge is 0.445 e. The second kappa shape index (κ2) is 9.41. The molecule has 2 aliphatic rings. The van der Waals surface area contributed by atoms with Crippen LogP contribution in [0, 0.1) is 11.8 Å². The summed E-state index contributed by atoms with van der Waals surface area (Å²) < 4.78 is 5.37. The minimum Gasteiger partial charge on any atom is -0.445 e. The summed E-state index contributed by atoms with van der Waals surface area (Å²) in [5.74, 6) is 0.709. The lowest BCUT2D eigenvalue weighted by molar-refractivity contribution is -0.126. The summed E-state index contributed by atoms with van der Waals surface area (Å²) in [5.41, 5.74) is 0.979. The zero-order chi connectivity index (χ0) is 18.2. The third kappa shape index (κ3) is 5.35. The highest BCUT2D eigenvalue weighted by atomic mass is 16.6. The van der Waals surface area contributed by atoms with Gasteiger partial charge in [0.1, 0.15) is 6.61 Å². The predicted octanol–water partition coefficient (Wildman–Crippen LogP) is 3.51. The van der Waals surface area contributed by atoms with Gasteiger partial charge in [0.25, 0.3) is 0 Å². The number of hydrogen-bond donors (Lipinski definition) is 1. The van der Waals surface area contributed by atoms with Gasteiger partial charge in [-0.3, -0.25) is 4.79 Å². The molecule has 1 saturated heterocycles. The molecule has 2 amide bonds. The van der Waals surface area contributed by atoms with Gasteiger partial charge >= 0.3 is 6.09 Å². The van der Waals surface area contributed by atoms with Crippen molar-refractivity contribution in [2.24, 2.45) is 11.8 Å². The second-order valence-corrected chi connectivity index (χ2v) is 7.20. The number of carbonyl (C=O) groups is 2. The molecule has 1 aromatic carbocycles. The van der Waals surface area contributed by atoms with Crippen molar-refractivity contribution in [1.82, 2.24) is 10.2 Å². The van der Waals surface area contributed by atoms with Gasteiger partial charge in [-0.25, -0.2) is 4.79 Å². The summed E-state index contributed by atoms with van der Waals surface area (Å²) in [4.78, 5) is 26.2. The standard InChI is InChI=1S/C21H28N2O3/c24-20(22-15-17-7-3-1-4-8-17)19-11-13-23(14-12-19)21(25)26-16-18-9-5-2-6-10-18/h1-3,5-6,9-10,17,19H,4,7-8,11-16H2,(H,22,24). The maximum atomic E-state index is 12.4. The van der Waals surface area contributed by atoms with Crippen molar-refractivity contribution in [2.75, 3.05) is 19.6 Å². The summed E-state index contributed by atoms with van der Waals surface area (Å²) in [6, 6.07) is 9.66. The van der Waals surface area contributed by atoms with Crippen LogP contribution in [0.3, 0.4) is 0 Å². The molecule has 26 heavy (non-hydrogen) atoms. The molecular weight excluding hydrogens is 328 g/mol. The van der Waals surface area contributed by atoms with Crippen molar-refractivity contribution < 1.29 is 14.3 Å². The number of ether oxygens (including phenoxy) is 1. The minimum absolute atomic E-state index is 0.00676. The van der Waals surface area contributed by atoms with Gasteiger partial charge in [-0.1, -0.05) is 42.5 Å². The van der Waals surface area contributed by atoms with Crippen LogP contribution >= 0.6 is 0 Å². The molecule has 0 bridgehead atoms. The van der Waals surface area contributed by atoms with Gasteiger partial charge in [0.05, 0.1) is 0 Å². The van der Waals surface area contributed by atoms with Gasteiger partial charge in [-0.15, -0.1) is 0 Å². The summed E-state index contributed by atoms with van der Waals surface area (Å²) in [6.07, 6.45) is 8.87. The summed E-state index contributed by atoms with van der Waals surface area (Å²) in [5, 5.41) is 3.11. The number of rotatable bonds is 5. The maximum absolute atomic E-state index is 12.4. The molecule has 5 heteroatoms. The second-order valence-electron chi connectivity index (χ2n) is 7.20. The molecule has 1 unspecified atom stereocenters. The Labute approximate surface area is 155 Å². The fourth-order valence-corrected chi connectivity index (χ4v) is 3.57. The van der Waals surface area contributed by atoms with E-state index in [0.717, 1.165) is 31.4 Å². The number of carbonyl (C=O) groups excluding carboxylic acids is 2. The molecular formula is C21H28N2O3. The average Bonchev–Trinajstić information content (AvgIpc) is 2.72. The molecule has 1 heterocycles. The van der Waals surface area contributed by atoms with Crippen molar-refractivity contribution in [1.29, 1.82) is 0 Å². The van der Waals surface area contributed by atoms with E-state index in [-0.39, 0.29) is 24.5 Å². The molecule has 1 aliphatic heterocycles. The van der Waals surface area contributed by atoms with Crippen LogP contribution in [0.4, 0.5) is 4.79 Å². The predicted molar refractivity (Wildman–Crippen MR) is 100 cm³/mol. The lowest BCUT2D eigenvalue weighted by atomic mass is 9.93. The Balaban J connectivity index is 1.35. The molecule has 0 spiro atoms. The van der Waals surface area contributed by atoms with E-state index in [1.54, 1.807) is 4.90 Å². The smallest absolute Gasteiger partial charge is 0.410 e. The number of nitrogens with zero attached hydrogens (tertiary/aromatic N) is 1. The van der Waals surface area contributed by atoms with E-state index in [1.807, 2.05) is 30.3 Å². The van der Waals surface area contributed by atoms with Crippen LogP contribution in [0.25, 0.3) is 0 Å². The summed E-state index contributed by atoms with van der Waals surface area (Å²) in [7, 11) is 0. The lowest BCUT2D eigenvalue weighted by Gasteiger charge is -2.31. The Morgan fingerprint density at radius 3 is 2.54 bits per heavy atom. The molecule has 1 N–H and O–H groups in total. The van der Waals surface area contributed by atoms with Gasteiger partial charge in [0.15, 0.2) is 0 Å². The van der Waals surface area contributed by atoms with E-state index in [4.69, 9.17) is 4.74 Å². The third-order valence-corrected chi connectivity index (χ3v) is 5.27. The number of likely N-dealkylation sites (tertiary alicyclic amines) is 1. The zero-order valence-electron chi connectivity index (χ0n) is 15.2. The van der Waals surface area contributed by atoms with Gasteiger partial charge < -0.3 is 15.0 Å². The van der Waals surface area contributed by atoms with Crippen LogP contribution in [0.1, 0.15) is 37.7 Å². The number of benzene rings is 1. The molecule has 0 radical (unpaired) electrons. The van der Waals surface area contributed by atoms with Gasteiger partial charge in [0.2, 0.25) is 5.91 Å². The van der Waals surface area contributed by atoms with Crippen molar-refractivity contribution >= 4 is 12.0 Å². The first-order valence-corrected chi connectivity index (χ1v) is 9.60. The first-order valence-electron chi connectivity index (χ1n) is 9.60. The van der Waals surface area contributed by atoms with Crippen LogP contribution in [0.5, 0.6) is 0 Å². The average molecular weight is 356 g/mol. The number of amides is 2. The van der Waals surface area contributed by atoms with Crippen LogP contribution in [0.2, 0.25) is 0 Å². The van der Waals surface area contributed by atoms with Crippen molar-refractivity contribution in [3.63, 3.8) is 0 Å². The Hall–Kier alpha value is -2.30. The molecule has 3 rings (SSSR count). The quantitative estimate of drug-likeness (QED) is 0.822. The highest BCUT2D eigenvalue weighted by molar-refractivity contribution is 5.79. The molecule has 1 atom stereocenters. The summed E-state index contributed by atoms with van der Waals surface area (Å²) in [6.45, 7) is 2.22. The Morgan fingerprint density at radius 2 is 1.85 bits per heavy atom. The Bertz CT molecular complexity index is 621. The zero-order valence-corrected chi connectivity index (χ0v) is 15.2. The fourth-order valence-electron chi connectivity index (χ4n) is 3.57. The molecule has 1 aromatic rings. The highest BCUT2D eigenvalue weighted by Gasteiger charge is 2.28. The monoisotopic (exact) mass is 356 g/mol. The van der Waals surface area contributed by atoms with Crippen LogP contribution < -0.4 is 5.32 Å². The Morgan fingerprint density at radius 1 is 1.08 bits per heavy atom. The van der Waals surface area contributed by atoms with Crippen LogP contribution in [-0.2, 0) is 16.1 Å². The van der Waals surface area contributed by atoms with Crippen LogP contribution in [0.15, 0.2) is 42.5 Å². The normalized spacial score (nSPS) is 20.6. The SMILES string of the molecule is O=C(NCC1CC=CCC1)C1CCN(C(=O)OCc2ccccc2)CC1. The molecule has 0 saturated carbocycles. The fraction of sp³-hybridized carbons (Fsp3) is 0.524. The topological polar surface area (TPSA) is 58.6 Å². The third-order valence-electron chi connectivity index (χ3n) is 5.27. The van der Waals surface area contributed by atoms with Crippen molar-refractivity contribution in [3.05, 3.63) is 48.0 Å². The van der Waals surface area contributed by atoms with Crippen LogP contribution in [-0.4, -0.2) is 36.5 Å². The van der Waals surface area contributed by atoms with E-state index in [2.05, 4.69) is 17.5 Å². The lowest BCUT2D eigenvalue weighted by Crippen LogP contribution is -2.44. The first-order chi connectivity index (χ1) is 12.7. The van der Waals surface area contributed by atoms with E-state index in [9.17, 15) is 9.59 Å². The van der Waals surface area contributed by atoms with E-state index < -0.39 is 0 Å². The number of allylic oxidation sites excluding steroid dienone is 2. The molecule has 140 valence electrons. The number of hydrogen-bond acceptors (Lipinski definition) is 3. The summed E-state index contributed by atoms with van der Waals surface area (Å²) >= 11 is 0. The maximum Gasteiger partial charge on any atom is 0.410 e. The number of nitrogens with one attached hydrogen (secondary N) is 1. The minimum atomic E-state index is -0.290. The Kier molecular flexibility index (Phi) is 6.69. The van der Waals surface area contributed by atoms with Gasteiger partial charge in [-0.2, -0.15) is 0 Å². The molecule has 5 nitrogen and oxygen atoms in total. The van der Waals surface area contributed by atoms with Crippen molar-refractivity contribution in [3.8, 4) is 0 Å². The molecule has 0 aromatic heterocycles. The number of piperidine rings is 1. The highest BCUT2D eigenvalue weighted by Crippen LogP contribution is 2.20. The molecule has 1 aliphatic carbocycles. The van der Waals surface area contributed by atoms with E-state index in [0.29, 0.717) is 31.8 Å². The van der Waals surface area contributed by atoms with Gasteiger partial charge in [-0.05, 0) is 43.6 Å². The van der Waals surface area contributed by atoms with E-state index in [1.165, 1.54) is 0 Å².